The molecular weight excluding hydrogens is 328 g/mol. The number of piperidine rings is 1. The third kappa shape index (κ3) is 5.61. The Hall–Kier alpha value is -1.79. The molecule has 146 valence electrons. The molecule has 6 nitrogen and oxygen atoms in total. The highest BCUT2D eigenvalue weighted by Crippen LogP contribution is 2.22. The van der Waals surface area contributed by atoms with Crippen LogP contribution in [0.15, 0.2) is 29.3 Å². The molecule has 1 N–H and O–H groups in total. The van der Waals surface area contributed by atoms with Gasteiger partial charge in [0.15, 0.2) is 5.96 Å². The molecule has 6 heteroatoms. The van der Waals surface area contributed by atoms with Crippen LogP contribution < -0.4 is 10.1 Å². The van der Waals surface area contributed by atoms with Gasteiger partial charge in [0.1, 0.15) is 5.75 Å². The van der Waals surface area contributed by atoms with E-state index < -0.39 is 0 Å². The summed E-state index contributed by atoms with van der Waals surface area (Å²) in [6.07, 6.45) is 2.50. The van der Waals surface area contributed by atoms with Crippen molar-refractivity contribution in [1.82, 2.24) is 15.1 Å². The summed E-state index contributed by atoms with van der Waals surface area (Å²) in [6.45, 7) is 5.61. The van der Waals surface area contributed by atoms with E-state index in [1.54, 1.807) is 7.11 Å². The predicted molar refractivity (Wildman–Crippen MR) is 107 cm³/mol. The Morgan fingerprint density at radius 2 is 2.08 bits per heavy atom. The zero-order valence-corrected chi connectivity index (χ0v) is 16.9. The van der Waals surface area contributed by atoms with Gasteiger partial charge in [-0.15, -0.1) is 0 Å². The highest BCUT2D eigenvalue weighted by molar-refractivity contribution is 5.80. The average molecular weight is 363 g/mol. The Labute approximate surface area is 158 Å². The van der Waals surface area contributed by atoms with Crippen LogP contribution in [0.5, 0.6) is 5.75 Å². The number of ether oxygens (including phenoxy) is 2. The van der Waals surface area contributed by atoms with Crippen molar-refractivity contribution in [2.45, 2.75) is 31.9 Å². The number of guanidine groups is 1. The molecule has 1 unspecified atom stereocenters. The van der Waals surface area contributed by atoms with Crippen LogP contribution in [0.3, 0.4) is 0 Å². The van der Waals surface area contributed by atoms with Gasteiger partial charge >= 0.3 is 0 Å². The van der Waals surface area contributed by atoms with Crippen LogP contribution >= 0.6 is 0 Å². The number of aliphatic imine (C=N–C) groups is 1. The van der Waals surface area contributed by atoms with Crippen molar-refractivity contribution in [3.8, 4) is 5.75 Å². The van der Waals surface area contributed by atoms with Crippen LogP contribution in [-0.4, -0.2) is 76.4 Å². The van der Waals surface area contributed by atoms with Crippen molar-refractivity contribution in [3.05, 3.63) is 29.8 Å². The molecule has 0 aliphatic carbocycles. The number of rotatable bonds is 7. The normalized spacial score (nSPS) is 17.5. The first-order valence-electron chi connectivity index (χ1n) is 9.46. The third-order valence-electron chi connectivity index (χ3n) is 4.91. The number of likely N-dealkylation sites (tertiary alicyclic amines) is 1. The van der Waals surface area contributed by atoms with E-state index in [0.717, 1.165) is 50.8 Å². The molecule has 0 spiro atoms. The van der Waals surface area contributed by atoms with Gasteiger partial charge in [0, 0.05) is 33.3 Å². The number of likely N-dealkylation sites (N-methyl/N-ethyl adjacent to an activating group) is 1. The van der Waals surface area contributed by atoms with Crippen molar-refractivity contribution >= 4 is 5.96 Å². The Kier molecular flexibility index (Phi) is 8.19. The van der Waals surface area contributed by atoms with Gasteiger partial charge in [0.25, 0.3) is 0 Å². The fourth-order valence-electron chi connectivity index (χ4n) is 3.44. The lowest BCUT2D eigenvalue weighted by atomic mass is 10.1. The summed E-state index contributed by atoms with van der Waals surface area (Å²) >= 11 is 0. The zero-order valence-electron chi connectivity index (χ0n) is 16.9. The van der Waals surface area contributed by atoms with E-state index in [9.17, 15) is 0 Å². The molecule has 1 aromatic rings. The Bertz CT molecular complexity index is 569. The highest BCUT2D eigenvalue weighted by atomic mass is 16.5. The molecule has 1 aromatic carbocycles. The quantitative estimate of drug-likeness (QED) is 0.596. The summed E-state index contributed by atoms with van der Waals surface area (Å²) in [5.74, 6) is 1.85. The number of hydrogen-bond acceptors (Lipinski definition) is 4. The molecule has 1 atom stereocenters. The monoisotopic (exact) mass is 362 g/mol. The molecule has 1 aliphatic rings. The lowest BCUT2D eigenvalue weighted by Crippen LogP contribution is -2.48. The van der Waals surface area contributed by atoms with Crippen molar-refractivity contribution < 1.29 is 9.47 Å². The molecule has 0 bridgehead atoms. The maximum Gasteiger partial charge on any atom is 0.193 e. The molecule has 0 amide bonds. The topological polar surface area (TPSA) is 49.3 Å². The van der Waals surface area contributed by atoms with E-state index >= 15 is 0 Å². The van der Waals surface area contributed by atoms with Crippen molar-refractivity contribution in [1.29, 1.82) is 0 Å². The number of nitrogens with one attached hydrogen (secondary N) is 1. The van der Waals surface area contributed by atoms with E-state index in [1.165, 1.54) is 5.56 Å². The molecule has 2 rings (SSSR count). The Morgan fingerprint density at radius 1 is 1.35 bits per heavy atom. The van der Waals surface area contributed by atoms with E-state index in [-0.39, 0.29) is 6.04 Å². The molecule has 0 saturated carbocycles. The molecule has 1 heterocycles. The standard InChI is InChI=1S/C20H34N4O2/c1-6-26-17-10-12-24(13-11-17)20(21-2)22-15-19(23(3)4)16-8-7-9-18(14-16)25-5/h7-9,14,17,19H,6,10-13,15H2,1-5H3,(H,21,22). The fraction of sp³-hybridized carbons (Fsp3) is 0.650. The van der Waals surface area contributed by atoms with Crippen LogP contribution in [-0.2, 0) is 4.74 Å². The smallest absolute Gasteiger partial charge is 0.193 e. The summed E-state index contributed by atoms with van der Waals surface area (Å²) in [5, 5.41) is 3.56. The largest absolute Gasteiger partial charge is 0.497 e. The second-order valence-corrected chi connectivity index (χ2v) is 6.83. The van der Waals surface area contributed by atoms with Gasteiger partial charge in [-0.25, -0.2) is 0 Å². The third-order valence-corrected chi connectivity index (χ3v) is 4.91. The van der Waals surface area contributed by atoms with Crippen LogP contribution in [0.2, 0.25) is 0 Å². The van der Waals surface area contributed by atoms with E-state index in [0.29, 0.717) is 6.10 Å². The lowest BCUT2D eigenvalue weighted by molar-refractivity contribution is 0.0263. The van der Waals surface area contributed by atoms with Crippen molar-refractivity contribution in [2.75, 3.05) is 54.5 Å². The SMILES string of the molecule is CCOC1CCN(C(=NC)NCC(c2cccc(OC)c2)N(C)C)CC1. The van der Waals surface area contributed by atoms with Gasteiger partial charge in [0.05, 0.1) is 19.3 Å². The van der Waals surface area contributed by atoms with E-state index in [2.05, 4.69) is 53.3 Å². The molecule has 0 aromatic heterocycles. The van der Waals surface area contributed by atoms with Crippen molar-refractivity contribution in [3.63, 3.8) is 0 Å². The first-order valence-corrected chi connectivity index (χ1v) is 9.46. The predicted octanol–water partition coefficient (Wildman–Crippen LogP) is 2.37. The summed E-state index contributed by atoms with van der Waals surface area (Å²) in [7, 11) is 7.76. The van der Waals surface area contributed by atoms with E-state index in [1.807, 2.05) is 19.2 Å². The number of hydrogen-bond donors (Lipinski definition) is 1. The van der Waals surface area contributed by atoms with Gasteiger partial charge in [0.2, 0.25) is 0 Å². The second kappa shape index (κ2) is 10.4. The van der Waals surface area contributed by atoms with Crippen LogP contribution in [0.1, 0.15) is 31.4 Å². The highest BCUT2D eigenvalue weighted by Gasteiger charge is 2.23. The number of methoxy groups -OCH3 is 1. The molecule has 0 radical (unpaired) electrons. The summed E-state index contributed by atoms with van der Waals surface area (Å²) in [5.41, 5.74) is 1.23. The second-order valence-electron chi connectivity index (χ2n) is 6.83. The summed E-state index contributed by atoms with van der Waals surface area (Å²) in [6, 6.07) is 8.50. The molecule has 1 saturated heterocycles. The minimum Gasteiger partial charge on any atom is -0.497 e. The minimum atomic E-state index is 0.239. The maximum atomic E-state index is 5.75. The summed E-state index contributed by atoms with van der Waals surface area (Å²) in [4.78, 5) is 9.03. The van der Waals surface area contributed by atoms with Gasteiger partial charge in [-0.05, 0) is 51.6 Å². The number of nitrogens with zero attached hydrogens (tertiary/aromatic N) is 3. The van der Waals surface area contributed by atoms with Gasteiger partial charge in [-0.3, -0.25) is 4.99 Å². The first kappa shape index (κ1) is 20.5. The van der Waals surface area contributed by atoms with Crippen LogP contribution in [0.25, 0.3) is 0 Å². The van der Waals surface area contributed by atoms with Crippen molar-refractivity contribution in [2.24, 2.45) is 4.99 Å². The molecule has 26 heavy (non-hydrogen) atoms. The number of benzene rings is 1. The van der Waals surface area contributed by atoms with Crippen LogP contribution in [0, 0.1) is 0 Å². The van der Waals surface area contributed by atoms with Gasteiger partial charge in [-0.1, -0.05) is 12.1 Å². The first-order chi connectivity index (χ1) is 12.6. The summed E-state index contributed by atoms with van der Waals surface area (Å²) < 4.78 is 11.1. The minimum absolute atomic E-state index is 0.239. The van der Waals surface area contributed by atoms with E-state index in [4.69, 9.17) is 9.47 Å². The maximum absolute atomic E-state index is 5.75. The Balaban J connectivity index is 1.96. The molecule has 1 fully saturated rings. The average Bonchev–Trinajstić information content (AvgIpc) is 2.66. The molecule has 1 aliphatic heterocycles. The lowest BCUT2D eigenvalue weighted by Gasteiger charge is -2.35. The zero-order chi connectivity index (χ0) is 18.9. The van der Waals surface area contributed by atoms with Gasteiger partial charge in [-0.2, -0.15) is 0 Å². The fourth-order valence-corrected chi connectivity index (χ4v) is 3.44. The van der Waals surface area contributed by atoms with Gasteiger partial charge < -0.3 is 24.6 Å². The van der Waals surface area contributed by atoms with Crippen LogP contribution in [0.4, 0.5) is 0 Å². The molecular formula is C20H34N4O2. The Morgan fingerprint density at radius 3 is 2.65 bits per heavy atom.